The number of anilines is 1. The van der Waals surface area contributed by atoms with Crippen LogP contribution in [0.15, 0.2) is 53.6 Å². The lowest BCUT2D eigenvalue weighted by Gasteiger charge is -2.28. The van der Waals surface area contributed by atoms with Gasteiger partial charge < -0.3 is 4.74 Å². The van der Waals surface area contributed by atoms with Gasteiger partial charge in [0, 0.05) is 12.3 Å². The van der Waals surface area contributed by atoms with E-state index >= 15 is 0 Å². The molecule has 1 unspecified atom stereocenters. The number of aromatic nitrogens is 1. The fraction of sp³-hybridized carbons (Fsp3) is 0.292. The lowest BCUT2D eigenvalue weighted by atomic mass is 10.1. The summed E-state index contributed by atoms with van der Waals surface area (Å²) in [6.07, 6.45) is 0.117. The minimum Gasteiger partial charge on any atom is -0.485 e. The molecule has 0 saturated carbocycles. The first kappa shape index (κ1) is 24.6. The van der Waals surface area contributed by atoms with Gasteiger partial charge in [0.05, 0.1) is 22.8 Å². The maximum Gasteiger partial charge on any atom is 0.264 e. The minimum atomic E-state index is -4.52. The average molecular weight is 479 g/mol. The first-order valence-corrected chi connectivity index (χ1v) is 11.7. The van der Waals surface area contributed by atoms with Gasteiger partial charge in [0.2, 0.25) is 0 Å². The van der Waals surface area contributed by atoms with E-state index in [1.54, 1.807) is 31.3 Å². The molecule has 0 radical (unpaired) electrons. The third kappa shape index (κ3) is 5.84. The molecule has 0 N–H and O–H groups in total. The van der Waals surface area contributed by atoms with Crippen LogP contribution in [0.4, 0.5) is 18.9 Å². The lowest BCUT2D eigenvalue weighted by Crippen LogP contribution is -2.36. The van der Waals surface area contributed by atoms with Crippen molar-refractivity contribution in [3.8, 4) is 5.75 Å². The van der Waals surface area contributed by atoms with E-state index in [1.165, 1.54) is 6.92 Å². The molecule has 0 bridgehead atoms. The molecule has 2 aromatic carbocycles. The number of hydrogen-bond donors (Lipinski definition) is 0. The summed E-state index contributed by atoms with van der Waals surface area (Å²) >= 11 is 0. The van der Waals surface area contributed by atoms with Crippen molar-refractivity contribution in [1.29, 1.82) is 0 Å². The molecule has 0 aliphatic heterocycles. The van der Waals surface area contributed by atoms with Gasteiger partial charge in [-0.15, -0.1) is 0 Å². The highest BCUT2D eigenvalue weighted by atomic mass is 32.2. The molecule has 0 amide bonds. The Morgan fingerprint density at radius 2 is 1.64 bits per heavy atom. The highest BCUT2D eigenvalue weighted by molar-refractivity contribution is 7.92. The van der Waals surface area contributed by atoms with Gasteiger partial charge in [-0.2, -0.15) is 0 Å². The van der Waals surface area contributed by atoms with E-state index in [-0.39, 0.29) is 18.0 Å². The quantitative estimate of drug-likeness (QED) is 0.434. The van der Waals surface area contributed by atoms with Crippen LogP contribution in [0, 0.1) is 32.4 Å². The second kappa shape index (κ2) is 9.82. The van der Waals surface area contributed by atoms with Crippen LogP contribution in [0.1, 0.15) is 29.3 Å². The summed E-state index contributed by atoms with van der Waals surface area (Å²) in [6, 6.07) is 8.83. The summed E-state index contributed by atoms with van der Waals surface area (Å²) < 4.78 is 75.2. The summed E-state index contributed by atoms with van der Waals surface area (Å²) in [6.45, 7) is 6.18. The molecular formula is C24H25F3N2O3S. The SMILES string of the molecule is Cc1ccc(COc2cc(C)c(C)cc2N(CC(C)F)S(=O)(=O)c2cc(F)cc(F)c2)nc1. The molecule has 5 nitrogen and oxygen atoms in total. The van der Waals surface area contributed by atoms with Crippen molar-refractivity contribution in [2.75, 3.05) is 10.8 Å². The van der Waals surface area contributed by atoms with Crippen LogP contribution < -0.4 is 9.04 Å². The van der Waals surface area contributed by atoms with E-state index in [9.17, 15) is 21.6 Å². The van der Waals surface area contributed by atoms with E-state index in [0.29, 0.717) is 23.9 Å². The number of aryl methyl sites for hydroxylation is 3. The second-order valence-corrected chi connectivity index (χ2v) is 9.80. The van der Waals surface area contributed by atoms with Gasteiger partial charge in [-0.05, 0) is 74.7 Å². The molecule has 0 spiro atoms. The molecule has 9 heteroatoms. The molecule has 1 atom stereocenters. The summed E-state index contributed by atoms with van der Waals surface area (Å²) in [4.78, 5) is 3.65. The average Bonchev–Trinajstić information content (AvgIpc) is 2.73. The van der Waals surface area contributed by atoms with Crippen LogP contribution in [-0.2, 0) is 16.6 Å². The van der Waals surface area contributed by atoms with Crippen LogP contribution in [0.2, 0.25) is 0 Å². The fourth-order valence-corrected chi connectivity index (χ4v) is 4.76. The summed E-state index contributed by atoms with van der Waals surface area (Å²) in [5.41, 5.74) is 3.22. The predicted octanol–water partition coefficient (Wildman–Crippen LogP) is 5.42. The van der Waals surface area contributed by atoms with Crippen LogP contribution in [-0.4, -0.2) is 26.1 Å². The number of hydrogen-bond acceptors (Lipinski definition) is 4. The van der Waals surface area contributed by atoms with Crippen molar-refractivity contribution < 1.29 is 26.3 Å². The van der Waals surface area contributed by atoms with Crippen molar-refractivity contribution in [2.45, 2.75) is 45.4 Å². The van der Waals surface area contributed by atoms with Crippen LogP contribution in [0.5, 0.6) is 5.75 Å². The van der Waals surface area contributed by atoms with Crippen molar-refractivity contribution in [2.24, 2.45) is 0 Å². The molecule has 1 aromatic heterocycles. The first-order valence-electron chi connectivity index (χ1n) is 10.3. The topological polar surface area (TPSA) is 59.5 Å². The first-order chi connectivity index (χ1) is 15.5. The number of ether oxygens (including phenoxy) is 1. The van der Waals surface area contributed by atoms with E-state index in [4.69, 9.17) is 4.74 Å². The molecule has 33 heavy (non-hydrogen) atoms. The summed E-state index contributed by atoms with van der Waals surface area (Å²) in [7, 11) is -4.52. The zero-order valence-electron chi connectivity index (χ0n) is 18.8. The Morgan fingerprint density at radius 3 is 2.21 bits per heavy atom. The highest BCUT2D eigenvalue weighted by Crippen LogP contribution is 2.36. The number of sulfonamides is 1. The van der Waals surface area contributed by atoms with Gasteiger partial charge >= 0.3 is 0 Å². The van der Waals surface area contributed by atoms with Gasteiger partial charge in [0.15, 0.2) is 0 Å². The number of halogens is 3. The number of benzene rings is 2. The van der Waals surface area contributed by atoms with Crippen molar-refractivity contribution in [3.63, 3.8) is 0 Å². The Bertz CT molecular complexity index is 1230. The Morgan fingerprint density at radius 1 is 1.00 bits per heavy atom. The molecule has 0 saturated heterocycles. The van der Waals surface area contributed by atoms with Crippen LogP contribution in [0.25, 0.3) is 0 Å². The second-order valence-electron chi connectivity index (χ2n) is 7.94. The van der Waals surface area contributed by atoms with Gasteiger partial charge in [-0.3, -0.25) is 9.29 Å². The molecular weight excluding hydrogens is 453 g/mol. The molecule has 1 heterocycles. The number of nitrogens with zero attached hydrogens (tertiary/aromatic N) is 2. The lowest BCUT2D eigenvalue weighted by molar-refractivity contribution is 0.301. The molecule has 0 aliphatic carbocycles. The Kier molecular flexibility index (Phi) is 7.31. The van der Waals surface area contributed by atoms with E-state index in [0.717, 1.165) is 21.0 Å². The summed E-state index contributed by atoms with van der Waals surface area (Å²) in [5.74, 6) is -1.92. The smallest absolute Gasteiger partial charge is 0.264 e. The fourth-order valence-electron chi connectivity index (χ4n) is 3.18. The predicted molar refractivity (Wildman–Crippen MR) is 121 cm³/mol. The number of pyridine rings is 1. The maximum atomic E-state index is 14.1. The molecule has 0 fully saturated rings. The van der Waals surface area contributed by atoms with Gasteiger partial charge in [-0.1, -0.05) is 6.07 Å². The standard InChI is InChI=1S/C24H25F3N2O3S/c1-15-5-6-21(28-12-15)14-32-24-8-17(3)16(2)7-23(24)29(13-18(4)25)33(30,31)22-10-19(26)9-20(27)11-22/h5-12,18H,13-14H2,1-4H3. The maximum absolute atomic E-state index is 14.1. The molecule has 3 aromatic rings. The van der Waals surface area contributed by atoms with Crippen molar-refractivity contribution >= 4 is 15.7 Å². The molecule has 3 rings (SSSR count). The Labute approximate surface area is 191 Å². The third-order valence-corrected chi connectivity index (χ3v) is 6.79. The molecule has 0 aliphatic rings. The van der Waals surface area contributed by atoms with Gasteiger partial charge in [-0.25, -0.2) is 21.6 Å². The third-order valence-electron chi connectivity index (χ3n) is 5.03. The monoisotopic (exact) mass is 478 g/mol. The van der Waals surface area contributed by atoms with E-state index in [2.05, 4.69) is 4.98 Å². The van der Waals surface area contributed by atoms with Gasteiger partial charge in [0.25, 0.3) is 10.0 Å². The Hall–Kier alpha value is -3.07. The normalized spacial score (nSPS) is 12.5. The number of rotatable bonds is 8. The van der Waals surface area contributed by atoms with E-state index < -0.39 is 39.3 Å². The summed E-state index contributed by atoms with van der Waals surface area (Å²) in [5, 5.41) is 0. The Balaban J connectivity index is 2.09. The van der Waals surface area contributed by atoms with Crippen LogP contribution >= 0.6 is 0 Å². The van der Waals surface area contributed by atoms with Crippen molar-refractivity contribution in [3.05, 3.63) is 82.7 Å². The highest BCUT2D eigenvalue weighted by Gasteiger charge is 2.30. The van der Waals surface area contributed by atoms with Crippen molar-refractivity contribution in [1.82, 2.24) is 4.98 Å². The van der Waals surface area contributed by atoms with Gasteiger partial charge in [0.1, 0.15) is 30.2 Å². The zero-order chi connectivity index (χ0) is 24.3. The van der Waals surface area contributed by atoms with E-state index in [1.807, 2.05) is 19.9 Å². The molecule has 176 valence electrons. The number of alkyl halides is 1. The minimum absolute atomic E-state index is 0.0451. The largest absolute Gasteiger partial charge is 0.485 e. The zero-order valence-corrected chi connectivity index (χ0v) is 19.6. The van der Waals surface area contributed by atoms with Crippen LogP contribution in [0.3, 0.4) is 0 Å².